The number of hydrogen-bond acceptors (Lipinski definition) is 2. The highest BCUT2D eigenvalue weighted by atomic mass is 35.5. The zero-order chi connectivity index (χ0) is 16.2. The van der Waals surface area contributed by atoms with Crippen molar-refractivity contribution in [2.24, 2.45) is 5.41 Å². The fraction of sp³-hybridized carbons (Fsp3) is 0.556. The highest BCUT2D eigenvalue weighted by Crippen LogP contribution is 2.41. The molecule has 120 valence electrons. The second-order valence-corrected chi connectivity index (χ2v) is 6.60. The molecule has 22 heavy (non-hydrogen) atoms. The number of Topliss-reactive ketones (excluding diaryl/α,β-unsaturated/α-hetero) is 1. The lowest BCUT2D eigenvalue weighted by Crippen LogP contribution is -2.27. The molecule has 0 atom stereocenters. The van der Waals surface area contributed by atoms with E-state index in [0.717, 1.165) is 43.4 Å². The van der Waals surface area contributed by atoms with Gasteiger partial charge < -0.3 is 5.32 Å². The molecule has 1 N–H and O–H groups in total. The summed E-state index contributed by atoms with van der Waals surface area (Å²) in [4.78, 5) is 24.1. The molecular formula is C18H24ClNO2. The maximum atomic E-state index is 12.3. The Morgan fingerprint density at radius 2 is 1.91 bits per heavy atom. The van der Waals surface area contributed by atoms with Gasteiger partial charge in [0.2, 0.25) is 5.91 Å². The maximum absolute atomic E-state index is 12.3. The maximum Gasteiger partial charge on any atom is 0.224 e. The summed E-state index contributed by atoms with van der Waals surface area (Å²) >= 11 is 5.66. The molecule has 2 rings (SSSR count). The largest absolute Gasteiger partial charge is 0.326 e. The van der Waals surface area contributed by atoms with Crippen LogP contribution in [-0.4, -0.2) is 17.6 Å². The zero-order valence-corrected chi connectivity index (χ0v) is 14.1. The van der Waals surface area contributed by atoms with Crippen LogP contribution in [0.2, 0.25) is 0 Å². The summed E-state index contributed by atoms with van der Waals surface area (Å²) in [5.41, 5.74) is 2.53. The molecule has 0 spiro atoms. The first-order valence-corrected chi connectivity index (χ1v) is 8.59. The van der Waals surface area contributed by atoms with Gasteiger partial charge in [-0.3, -0.25) is 9.59 Å². The number of rotatable bonds is 6. The zero-order valence-electron chi connectivity index (χ0n) is 13.4. The van der Waals surface area contributed by atoms with E-state index in [2.05, 4.69) is 19.2 Å². The second kappa shape index (κ2) is 7.28. The van der Waals surface area contributed by atoms with E-state index in [1.54, 1.807) is 6.07 Å². The highest BCUT2D eigenvalue weighted by molar-refractivity contribution is 6.30. The number of carbonyl (C=O) groups excluding carboxylic acids is 2. The third-order valence-electron chi connectivity index (χ3n) is 4.48. The van der Waals surface area contributed by atoms with Gasteiger partial charge in [-0.25, -0.2) is 0 Å². The van der Waals surface area contributed by atoms with Crippen LogP contribution in [0.3, 0.4) is 0 Å². The quantitative estimate of drug-likeness (QED) is 0.615. The summed E-state index contributed by atoms with van der Waals surface area (Å²) < 4.78 is 0. The number of anilines is 1. The lowest BCUT2D eigenvalue weighted by molar-refractivity contribution is -0.118. The van der Waals surface area contributed by atoms with Gasteiger partial charge in [-0.1, -0.05) is 26.7 Å². The summed E-state index contributed by atoms with van der Waals surface area (Å²) in [6.07, 6.45) is 5.57. The fourth-order valence-corrected chi connectivity index (χ4v) is 3.81. The van der Waals surface area contributed by atoms with E-state index in [-0.39, 0.29) is 23.0 Å². The van der Waals surface area contributed by atoms with E-state index in [1.165, 1.54) is 0 Å². The minimum atomic E-state index is -0.0726. The van der Waals surface area contributed by atoms with Gasteiger partial charge in [0, 0.05) is 17.7 Å². The molecule has 1 amide bonds. The van der Waals surface area contributed by atoms with Crippen molar-refractivity contribution in [1.29, 1.82) is 0 Å². The molecule has 4 heteroatoms. The fourth-order valence-electron chi connectivity index (χ4n) is 3.65. The Labute approximate surface area is 137 Å². The van der Waals surface area contributed by atoms with Gasteiger partial charge >= 0.3 is 0 Å². The molecular weight excluding hydrogens is 298 g/mol. The molecule has 3 nitrogen and oxygen atoms in total. The normalized spacial score (nSPS) is 16.6. The Balaban J connectivity index is 2.42. The van der Waals surface area contributed by atoms with E-state index in [0.29, 0.717) is 12.0 Å². The minimum Gasteiger partial charge on any atom is -0.326 e. The Bertz CT molecular complexity index is 562. The molecule has 1 heterocycles. The van der Waals surface area contributed by atoms with Crippen LogP contribution in [0.1, 0.15) is 61.9 Å². The van der Waals surface area contributed by atoms with Crippen molar-refractivity contribution in [3.63, 3.8) is 0 Å². The molecule has 1 aliphatic heterocycles. The number of carbonyl (C=O) groups is 2. The van der Waals surface area contributed by atoms with Crippen molar-refractivity contribution in [2.75, 3.05) is 11.2 Å². The molecule has 0 aromatic heterocycles. The molecule has 0 saturated heterocycles. The van der Waals surface area contributed by atoms with Crippen LogP contribution in [0.15, 0.2) is 18.2 Å². The smallest absolute Gasteiger partial charge is 0.224 e. The van der Waals surface area contributed by atoms with Gasteiger partial charge in [0.05, 0.1) is 5.88 Å². The van der Waals surface area contributed by atoms with Crippen molar-refractivity contribution >= 4 is 29.0 Å². The SMILES string of the molecule is CCCC1(CCC)CC(=O)Nc2ccc(C(=O)CCl)cc2C1. The van der Waals surface area contributed by atoms with Gasteiger partial charge in [-0.15, -0.1) is 11.6 Å². The first kappa shape index (κ1) is 17.0. The highest BCUT2D eigenvalue weighted by Gasteiger charge is 2.35. The number of fused-ring (bicyclic) bond motifs is 1. The number of ketones is 1. The van der Waals surface area contributed by atoms with E-state index < -0.39 is 0 Å². The molecule has 1 aromatic rings. The monoisotopic (exact) mass is 321 g/mol. The molecule has 0 radical (unpaired) electrons. The van der Waals surface area contributed by atoms with Gasteiger partial charge in [0.1, 0.15) is 0 Å². The van der Waals surface area contributed by atoms with E-state index in [1.807, 2.05) is 12.1 Å². The Hall–Kier alpha value is -1.35. The molecule has 0 unspecified atom stereocenters. The topological polar surface area (TPSA) is 46.2 Å². The number of halogens is 1. The number of alkyl halides is 1. The molecule has 0 saturated carbocycles. The van der Waals surface area contributed by atoms with Crippen molar-refractivity contribution in [3.8, 4) is 0 Å². The van der Waals surface area contributed by atoms with Gasteiger partial charge in [-0.05, 0) is 48.4 Å². The van der Waals surface area contributed by atoms with E-state index in [4.69, 9.17) is 11.6 Å². The van der Waals surface area contributed by atoms with Crippen LogP contribution < -0.4 is 5.32 Å². The van der Waals surface area contributed by atoms with Crippen molar-refractivity contribution < 1.29 is 9.59 Å². The Kier molecular flexibility index (Phi) is 5.63. The first-order chi connectivity index (χ1) is 10.5. The van der Waals surface area contributed by atoms with Crippen molar-refractivity contribution in [3.05, 3.63) is 29.3 Å². The predicted octanol–water partition coefficient (Wildman–Crippen LogP) is 4.58. The van der Waals surface area contributed by atoms with Crippen LogP contribution in [0, 0.1) is 5.41 Å². The van der Waals surface area contributed by atoms with Crippen LogP contribution in [0.25, 0.3) is 0 Å². The average molecular weight is 322 g/mol. The number of benzene rings is 1. The lowest BCUT2D eigenvalue weighted by atomic mass is 9.72. The third kappa shape index (κ3) is 3.70. The van der Waals surface area contributed by atoms with E-state index >= 15 is 0 Å². The van der Waals surface area contributed by atoms with Crippen LogP contribution >= 0.6 is 11.6 Å². The van der Waals surface area contributed by atoms with Crippen LogP contribution in [-0.2, 0) is 11.2 Å². The Morgan fingerprint density at radius 3 is 2.50 bits per heavy atom. The molecule has 1 aromatic carbocycles. The van der Waals surface area contributed by atoms with Gasteiger partial charge in [-0.2, -0.15) is 0 Å². The summed E-state index contributed by atoms with van der Waals surface area (Å²) in [7, 11) is 0. The van der Waals surface area contributed by atoms with Crippen LogP contribution in [0.5, 0.6) is 0 Å². The number of nitrogens with one attached hydrogen (secondary N) is 1. The van der Waals surface area contributed by atoms with Crippen molar-refractivity contribution in [1.82, 2.24) is 0 Å². The first-order valence-electron chi connectivity index (χ1n) is 8.05. The Morgan fingerprint density at radius 1 is 1.23 bits per heavy atom. The molecule has 0 fully saturated rings. The standard InChI is InChI=1S/C18H24ClNO2/c1-3-7-18(8-4-2)10-14-9-13(16(21)12-19)5-6-15(14)20-17(22)11-18/h5-6,9H,3-4,7-8,10-12H2,1-2H3,(H,20,22). The van der Waals surface area contributed by atoms with Gasteiger partial charge in [0.25, 0.3) is 0 Å². The second-order valence-electron chi connectivity index (χ2n) is 6.33. The molecule has 0 bridgehead atoms. The summed E-state index contributed by atoms with van der Waals surface area (Å²) in [5, 5.41) is 2.99. The number of amides is 1. The molecule has 1 aliphatic rings. The van der Waals surface area contributed by atoms with Crippen LogP contribution in [0.4, 0.5) is 5.69 Å². The minimum absolute atomic E-state index is 0.00146. The van der Waals surface area contributed by atoms with Crippen molar-refractivity contribution in [2.45, 2.75) is 52.4 Å². The average Bonchev–Trinajstić information content (AvgIpc) is 2.61. The summed E-state index contributed by atoms with van der Waals surface area (Å²) in [6.45, 7) is 4.32. The summed E-state index contributed by atoms with van der Waals surface area (Å²) in [6, 6.07) is 5.49. The molecule has 0 aliphatic carbocycles. The summed E-state index contributed by atoms with van der Waals surface area (Å²) in [5.74, 6) is -0.00563. The number of hydrogen-bond donors (Lipinski definition) is 1. The third-order valence-corrected chi connectivity index (χ3v) is 4.73. The lowest BCUT2D eigenvalue weighted by Gasteiger charge is -2.31. The predicted molar refractivity (Wildman–Crippen MR) is 90.7 cm³/mol. The van der Waals surface area contributed by atoms with E-state index in [9.17, 15) is 9.59 Å². The van der Waals surface area contributed by atoms with Gasteiger partial charge in [0.15, 0.2) is 5.78 Å².